The maximum absolute atomic E-state index is 3.59. The van der Waals surface area contributed by atoms with Gasteiger partial charge in [-0.3, -0.25) is 0 Å². The van der Waals surface area contributed by atoms with Crippen LogP contribution in [0.25, 0.3) is 0 Å². The second kappa shape index (κ2) is 6.83. The van der Waals surface area contributed by atoms with Gasteiger partial charge in [-0.25, -0.2) is 0 Å². The van der Waals surface area contributed by atoms with Crippen LogP contribution in [0, 0.1) is 0 Å². The van der Waals surface area contributed by atoms with Crippen LogP contribution in [0.1, 0.15) is 18.9 Å². The largest absolute Gasteiger partial charge is 0.370 e. The third-order valence-electron chi connectivity index (χ3n) is 3.45. The number of benzene rings is 1. The van der Waals surface area contributed by atoms with Crippen molar-refractivity contribution in [1.29, 1.82) is 0 Å². The second-order valence-electron chi connectivity index (χ2n) is 4.68. The van der Waals surface area contributed by atoms with E-state index in [9.17, 15) is 0 Å². The summed E-state index contributed by atoms with van der Waals surface area (Å²) >= 11 is 5.65. The number of rotatable bonds is 5. The Bertz CT molecular complexity index is 391. The van der Waals surface area contributed by atoms with Crippen molar-refractivity contribution in [2.45, 2.75) is 25.9 Å². The molecule has 1 aromatic rings. The van der Waals surface area contributed by atoms with Gasteiger partial charge < -0.3 is 10.2 Å². The van der Waals surface area contributed by atoms with Crippen molar-refractivity contribution in [1.82, 2.24) is 5.32 Å². The first-order chi connectivity index (χ1) is 8.72. The minimum absolute atomic E-state index is 0.685. The molecule has 1 aromatic carbocycles. The van der Waals surface area contributed by atoms with Gasteiger partial charge in [0.1, 0.15) is 0 Å². The molecule has 0 bridgehead atoms. The molecule has 2 nitrogen and oxygen atoms in total. The smallest absolute Gasteiger partial charge is 0.0423 e. The summed E-state index contributed by atoms with van der Waals surface area (Å²) in [7, 11) is 2.23. The zero-order chi connectivity index (χ0) is 13.0. The second-order valence-corrected chi connectivity index (χ2v) is 6.75. The summed E-state index contributed by atoms with van der Waals surface area (Å²) in [5.41, 5.74) is 2.75. The van der Waals surface area contributed by atoms with Gasteiger partial charge in [-0.05, 0) is 36.4 Å². The van der Waals surface area contributed by atoms with E-state index < -0.39 is 0 Å². The van der Waals surface area contributed by atoms with Gasteiger partial charge in [0.2, 0.25) is 0 Å². The van der Waals surface area contributed by atoms with Crippen LogP contribution in [0.2, 0.25) is 0 Å². The summed E-state index contributed by atoms with van der Waals surface area (Å²) < 4.78 is 1.16. The molecule has 1 saturated heterocycles. The van der Waals surface area contributed by atoms with Gasteiger partial charge in [0, 0.05) is 35.5 Å². The fourth-order valence-corrected chi connectivity index (χ4v) is 3.92. The molecule has 100 valence electrons. The first-order valence-electron chi connectivity index (χ1n) is 6.52. The molecule has 0 spiro atoms. The number of nitrogens with one attached hydrogen (secondary N) is 1. The number of halogens is 1. The van der Waals surface area contributed by atoms with Crippen LogP contribution in [0.3, 0.4) is 0 Å². The maximum atomic E-state index is 3.59. The summed E-state index contributed by atoms with van der Waals surface area (Å²) in [6, 6.07) is 7.29. The molecule has 1 fully saturated rings. The van der Waals surface area contributed by atoms with Crippen molar-refractivity contribution >= 4 is 33.4 Å². The highest BCUT2D eigenvalue weighted by Crippen LogP contribution is 2.30. The predicted octanol–water partition coefficient (Wildman–Crippen LogP) is 3.50. The fourth-order valence-electron chi connectivity index (χ4n) is 2.30. The Morgan fingerprint density at radius 2 is 2.33 bits per heavy atom. The average Bonchev–Trinajstić information content (AvgIpc) is 2.90. The number of thioether (sulfide) groups is 1. The van der Waals surface area contributed by atoms with Crippen molar-refractivity contribution in [2.75, 3.05) is 30.0 Å². The highest BCUT2D eigenvalue weighted by Gasteiger charge is 2.21. The predicted molar refractivity (Wildman–Crippen MR) is 85.7 cm³/mol. The average molecular weight is 329 g/mol. The summed E-state index contributed by atoms with van der Waals surface area (Å²) in [6.45, 7) is 4.11. The van der Waals surface area contributed by atoms with Gasteiger partial charge in [-0.2, -0.15) is 11.8 Å². The molecule has 0 radical (unpaired) electrons. The first kappa shape index (κ1) is 14.2. The first-order valence-corrected chi connectivity index (χ1v) is 8.47. The highest BCUT2D eigenvalue weighted by molar-refractivity contribution is 9.10. The van der Waals surface area contributed by atoms with Crippen LogP contribution in [0.15, 0.2) is 22.7 Å². The van der Waals surface area contributed by atoms with Gasteiger partial charge in [-0.15, -0.1) is 0 Å². The molecule has 1 unspecified atom stereocenters. The lowest BCUT2D eigenvalue weighted by molar-refractivity contribution is 0.683. The minimum Gasteiger partial charge on any atom is -0.370 e. The molecule has 1 aliphatic heterocycles. The van der Waals surface area contributed by atoms with Crippen LogP contribution >= 0.6 is 27.7 Å². The standard InChI is InChI=1S/C14H21BrN2S/c1-3-16-9-11-4-5-12(15)8-14(11)17(2)13-6-7-18-10-13/h4-5,8,13,16H,3,6-7,9-10H2,1-2H3. The molecular formula is C14H21BrN2S. The maximum Gasteiger partial charge on any atom is 0.0423 e. The van der Waals surface area contributed by atoms with Crippen molar-refractivity contribution in [3.05, 3.63) is 28.2 Å². The lowest BCUT2D eigenvalue weighted by Crippen LogP contribution is -2.32. The molecule has 0 saturated carbocycles. The Morgan fingerprint density at radius 3 is 3.00 bits per heavy atom. The van der Waals surface area contributed by atoms with E-state index in [-0.39, 0.29) is 0 Å². The van der Waals surface area contributed by atoms with E-state index in [0.717, 1.165) is 17.6 Å². The van der Waals surface area contributed by atoms with E-state index in [0.29, 0.717) is 6.04 Å². The number of nitrogens with zero attached hydrogens (tertiary/aromatic N) is 1. The van der Waals surface area contributed by atoms with Crippen LogP contribution < -0.4 is 10.2 Å². The Kier molecular flexibility index (Phi) is 5.39. The molecule has 1 atom stereocenters. The van der Waals surface area contributed by atoms with E-state index in [1.807, 2.05) is 0 Å². The Hall–Kier alpha value is -0.190. The lowest BCUT2D eigenvalue weighted by atomic mass is 10.1. The van der Waals surface area contributed by atoms with E-state index in [1.54, 1.807) is 0 Å². The summed E-state index contributed by atoms with van der Waals surface area (Å²) in [4.78, 5) is 2.46. The van der Waals surface area contributed by atoms with Crippen LogP contribution in [-0.4, -0.2) is 31.1 Å². The fraction of sp³-hybridized carbons (Fsp3) is 0.571. The van der Waals surface area contributed by atoms with Gasteiger partial charge in [-0.1, -0.05) is 28.9 Å². The third kappa shape index (κ3) is 3.43. The van der Waals surface area contributed by atoms with Crippen LogP contribution in [0.4, 0.5) is 5.69 Å². The quantitative estimate of drug-likeness (QED) is 0.890. The molecule has 0 aliphatic carbocycles. The summed E-state index contributed by atoms with van der Waals surface area (Å²) in [5, 5.41) is 3.42. The minimum atomic E-state index is 0.685. The van der Waals surface area contributed by atoms with Crippen LogP contribution in [0.5, 0.6) is 0 Å². The molecular weight excluding hydrogens is 308 g/mol. The van der Waals surface area contributed by atoms with E-state index in [2.05, 4.69) is 70.1 Å². The normalized spacial score (nSPS) is 19.2. The van der Waals surface area contributed by atoms with E-state index >= 15 is 0 Å². The van der Waals surface area contributed by atoms with Crippen molar-refractivity contribution < 1.29 is 0 Å². The van der Waals surface area contributed by atoms with Gasteiger partial charge in [0.15, 0.2) is 0 Å². The Labute approximate surface area is 123 Å². The molecule has 1 N–H and O–H groups in total. The molecule has 1 aliphatic rings. The number of anilines is 1. The lowest BCUT2D eigenvalue weighted by Gasteiger charge is -2.28. The summed E-state index contributed by atoms with van der Waals surface area (Å²) in [5.74, 6) is 2.55. The van der Waals surface area contributed by atoms with E-state index in [1.165, 1.54) is 29.2 Å². The topological polar surface area (TPSA) is 15.3 Å². The Balaban J connectivity index is 2.19. The number of hydrogen-bond donors (Lipinski definition) is 1. The zero-order valence-corrected chi connectivity index (χ0v) is 13.5. The molecule has 4 heteroatoms. The van der Waals surface area contributed by atoms with Gasteiger partial charge >= 0.3 is 0 Å². The Morgan fingerprint density at radius 1 is 1.50 bits per heavy atom. The van der Waals surface area contributed by atoms with Crippen molar-refractivity contribution in [3.63, 3.8) is 0 Å². The third-order valence-corrected chi connectivity index (χ3v) is 5.08. The molecule has 1 heterocycles. The SMILES string of the molecule is CCNCc1ccc(Br)cc1N(C)C1CCSC1. The van der Waals surface area contributed by atoms with Gasteiger partial charge in [0.25, 0.3) is 0 Å². The van der Waals surface area contributed by atoms with Crippen molar-refractivity contribution in [2.24, 2.45) is 0 Å². The van der Waals surface area contributed by atoms with Gasteiger partial charge in [0.05, 0.1) is 0 Å². The number of hydrogen-bond acceptors (Lipinski definition) is 3. The molecule has 2 rings (SSSR count). The van der Waals surface area contributed by atoms with Crippen LogP contribution in [-0.2, 0) is 6.54 Å². The van der Waals surface area contributed by atoms with Crippen molar-refractivity contribution in [3.8, 4) is 0 Å². The molecule has 0 aromatic heterocycles. The molecule has 0 amide bonds. The molecule has 18 heavy (non-hydrogen) atoms. The van der Waals surface area contributed by atoms with E-state index in [4.69, 9.17) is 0 Å². The zero-order valence-electron chi connectivity index (χ0n) is 11.1. The monoisotopic (exact) mass is 328 g/mol. The highest BCUT2D eigenvalue weighted by atomic mass is 79.9. The summed E-state index contributed by atoms with van der Waals surface area (Å²) in [6.07, 6.45) is 1.30.